The molecule has 0 amide bonds. The first-order valence-corrected chi connectivity index (χ1v) is 16.2. The van der Waals surface area contributed by atoms with E-state index in [0.717, 1.165) is 23.5 Å². The Morgan fingerprint density at radius 1 is 0.960 bits per heavy atom. The van der Waals surface area contributed by atoms with Gasteiger partial charge in [-0.15, -0.1) is 5.54 Å². The molecular weight excluding hydrogens is 336 g/mol. The van der Waals surface area contributed by atoms with Gasteiger partial charge < -0.3 is 0 Å². The Balaban J connectivity index is 2.11. The lowest BCUT2D eigenvalue weighted by Gasteiger charge is -2.21. The molecule has 0 fully saturated rings. The Hall–Kier alpha value is -1.71. The van der Waals surface area contributed by atoms with Gasteiger partial charge >= 0.3 is 0 Å². The molecule has 2 aromatic heterocycles. The van der Waals surface area contributed by atoms with Crippen LogP contribution in [0.2, 0.25) is 39.3 Å². The number of hydrogen-bond acceptors (Lipinski definition) is 2. The van der Waals surface area contributed by atoms with Gasteiger partial charge in [0.2, 0.25) is 0 Å². The smallest absolute Gasteiger partial charge is 0.129 e. The second-order valence-electron chi connectivity index (χ2n) is 9.00. The largest absolute Gasteiger partial charge is 0.251 e. The van der Waals surface area contributed by atoms with Crippen molar-refractivity contribution in [3.05, 3.63) is 41.2 Å². The summed E-state index contributed by atoms with van der Waals surface area (Å²) in [6, 6.07) is 8.60. The van der Waals surface area contributed by atoms with Crippen molar-refractivity contribution >= 4 is 21.3 Å². The van der Waals surface area contributed by atoms with E-state index in [1.165, 1.54) is 29.3 Å². The van der Waals surface area contributed by atoms with Crippen LogP contribution < -0.4 is 5.19 Å². The van der Waals surface area contributed by atoms with E-state index in [1.807, 2.05) is 6.07 Å². The van der Waals surface area contributed by atoms with E-state index in [9.17, 15) is 0 Å². The molecule has 0 unspecified atom stereocenters. The first-order chi connectivity index (χ1) is 11.6. The Kier molecular flexibility index (Phi) is 4.74. The number of aryl methyl sites for hydroxylation is 2. The average molecular weight is 365 g/mol. The van der Waals surface area contributed by atoms with E-state index < -0.39 is 16.1 Å². The highest BCUT2D eigenvalue weighted by Crippen LogP contribution is 2.25. The SMILES string of the molecule is C[Si](C)(C)C#Cc1cccc(-c2nc3c(cc2[Si](C)(C)C)CCC3)n1. The normalized spacial score (nSPS) is 14.0. The number of hydrogen-bond donors (Lipinski definition) is 0. The van der Waals surface area contributed by atoms with Crippen LogP contribution in [0.3, 0.4) is 0 Å². The van der Waals surface area contributed by atoms with Crippen molar-refractivity contribution in [2.75, 3.05) is 0 Å². The molecule has 4 heteroatoms. The summed E-state index contributed by atoms with van der Waals surface area (Å²) in [7, 11) is -2.90. The molecule has 130 valence electrons. The van der Waals surface area contributed by atoms with E-state index in [-0.39, 0.29) is 0 Å². The van der Waals surface area contributed by atoms with Gasteiger partial charge in [-0.1, -0.05) is 57.3 Å². The summed E-state index contributed by atoms with van der Waals surface area (Å²) in [6.45, 7) is 14.0. The van der Waals surface area contributed by atoms with E-state index in [2.05, 4.69) is 68.9 Å². The zero-order chi connectivity index (χ0) is 18.2. The van der Waals surface area contributed by atoms with Crippen molar-refractivity contribution in [2.45, 2.75) is 58.5 Å². The lowest BCUT2D eigenvalue weighted by Crippen LogP contribution is -2.40. The second kappa shape index (κ2) is 6.55. The molecule has 0 radical (unpaired) electrons. The van der Waals surface area contributed by atoms with Gasteiger partial charge in [0.1, 0.15) is 13.8 Å². The van der Waals surface area contributed by atoms with Gasteiger partial charge in [0, 0.05) is 5.69 Å². The summed E-state index contributed by atoms with van der Waals surface area (Å²) in [5.74, 6) is 3.29. The number of rotatable bonds is 2. The molecule has 2 aromatic rings. The third-order valence-electron chi connectivity index (χ3n) is 4.42. The monoisotopic (exact) mass is 364 g/mol. The molecule has 0 aromatic carbocycles. The van der Waals surface area contributed by atoms with Crippen LogP contribution in [-0.2, 0) is 12.8 Å². The zero-order valence-electron chi connectivity index (χ0n) is 16.3. The molecule has 0 aliphatic heterocycles. The number of aromatic nitrogens is 2. The van der Waals surface area contributed by atoms with Gasteiger partial charge in [0.05, 0.1) is 19.5 Å². The lowest BCUT2D eigenvalue weighted by molar-refractivity contribution is 0.899. The molecule has 0 bridgehead atoms. The van der Waals surface area contributed by atoms with E-state index >= 15 is 0 Å². The topological polar surface area (TPSA) is 25.8 Å². The van der Waals surface area contributed by atoms with Gasteiger partial charge in [0.25, 0.3) is 0 Å². The molecule has 3 rings (SSSR count). The predicted molar refractivity (Wildman–Crippen MR) is 113 cm³/mol. The molecule has 1 aliphatic carbocycles. The Bertz CT molecular complexity index is 862. The predicted octanol–water partition coefficient (Wildman–Crippen LogP) is 4.41. The van der Waals surface area contributed by atoms with Crippen molar-refractivity contribution in [1.82, 2.24) is 9.97 Å². The Morgan fingerprint density at radius 2 is 1.72 bits per heavy atom. The van der Waals surface area contributed by atoms with E-state index in [0.29, 0.717) is 0 Å². The third kappa shape index (κ3) is 4.28. The quantitative estimate of drug-likeness (QED) is 0.583. The summed E-state index contributed by atoms with van der Waals surface area (Å²) < 4.78 is 0. The molecule has 2 heterocycles. The highest BCUT2D eigenvalue weighted by molar-refractivity contribution is 6.89. The number of fused-ring (bicyclic) bond motifs is 1. The fourth-order valence-corrected chi connectivity index (χ4v) is 5.13. The minimum absolute atomic E-state index is 0.865. The summed E-state index contributed by atoms with van der Waals surface area (Å²) >= 11 is 0. The highest BCUT2D eigenvalue weighted by atomic mass is 28.3. The molecule has 0 N–H and O–H groups in total. The van der Waals surface area contributed by atoms with Crippen LogP contribution in [0.15, 0.2) is 24.3 Å². The van der Waals surface area contributed by atoms with Crippen molar-refractivity contribution in [3.63, 3.8) is 0 Å². The maximum absolute atomic E-state index is 5.07. The molecule has 0 spiro atoms. The third-order valence-corrected chi connectivity index (χ3v) is 7.29. The Labute approximate surface area is 154 Å². The summed E-state index contributed by atoms with van der Waals surface area (Å²) in [5, 5.41) is 1.43. The van der Waals surface area contributed by atoms with Crippen molar-refractivity contribution in [1.29, 1.82) is 0 Å². The minimum atomic E-state index is -1.50. The first kappa shape index (κ1) is 18.1. The second-order valence-corrected chi connectivity index (χ2v) is 18.8. The van der Waals surface area contributed by atoms with E-state index in [1.54, 1.807) is 0 Å². The van der Waals surface area contributed by atoms with Crippen LogP contribution in [0.5, 0.6) is 0 Å². The Morgan fingerprint density at radius 3 is 2.40 bits per heavy atom. The highest BCUT2D eigenvalue weighted by Gasteiger charge is 2.26. The fourth-order valence-electron chi connectivity index (χ4n) is 3.13. The van der Waals surface area contributed by atoms with Gasteiger partial charge in [-0.3, -0.25) is 4.98 Å². The first-order valence-electron chi connectivity index (χ1n) is 9.17. The van der Waals surface area contributed by atoms with Gasteiger partial charge in [0.15, 0.2) is 0 Å². The van der Waals surface area contributed by atoms with Gasteiger partial charge in [-0.05, 0) is 42.1 Å². The molecule has 0 saturated carbocycles. The molecular formula is C21H28N2Si2. The fraction of sp³-hybridized carbons (Fsp3) is 0.429. The summed E-state index contributed by atoms with van der Waals surface area (Å²) in [4.78, 5) is 9.93. The lowest BCUT2D eigenvalue weighted by atomic mass is 10.1. The molecule has 0 saturated heterocycles. The molecule has 0 atom stereocenters. The van der Waals surface area contributed by atoms with Gasteiger partial charge in [-0.2, -0.15) is 0 Å². The number of nitrogens with zero attached hydrogens (tertiary/aromatic N) is 2. The van der Waals surface area contributed by atoms with Crippen LogP contribution in [0.1, 0.15) is 23.4 Å². The van der Waals surface area contributed by atoms with Crippen LogP contribution >= 0.6 is 0 Å². The summed E-state index contributed by atoms with van der Waals surface area (Å²) in [6.07, 6.45) is 3.50. The van der Waals surface area contributed by atoms with Crippen molar-refractivity contribution in [2.24, 2.45) is 0 Å². The average Bonchev–Trinajstić information content (AvgIpc) is 2.98. The molecule has 25 heavy (non-hydrogen) atoms. The number of pyridine rings is 2. The van der Waals surface area contributed by atoms with Crippen molar-refractivity contribution < 1.29 is 0 Å². The van der Waals surface area contributed by atoms with Crippen LogP contribution in [0.25, 0.3) is 11.4 Å². The molecule has 1 aliphatic rings. The van der Waals surface area contributed by atoms with Gasteiger partial charge in [-0.25, -0.2) is 4.98 Å². The van der Waals surface area contributed by atoms with Crippen LogP contribution in [0, 0.1) is 11.5 Å². The maximum atomic E-state index is 5.07. The standard InChI is InChI=1S/C21H28N2Si2/c1-24(2,3)14-13-17-10-8-12-19(22-17)21-20(25(4,5)6)15-16-9-7-11-18(16)23-21/h8,10,12,15H,7,9,11H2,1-6H3. The zero-order valence-corrected chi connectivity index (χ0v) is 18.3. The van der Waals surface area contributed by atoms with Crippen LogP contribution in [-0.4, -0.2) is 26.1 Å². The minimum Gasteiger partial charge on any atom is -0.251 e. The van der Waals surface area contributed by atoms with Crippen molar-refractivity contribution in [3.8, 4) is 22.9 Å². The molecule has 2 nitrogen and oxygen atoms in total. The maximum Gasteiger partial charge on any atom is 0.129 e. The van der Waals surface area contributed by atoms with Crippen LogP contribution in [0.4, 0.5) is 0 Å². The summed E-state index contributed by atoms with van der Waals surface area (Å²) in [5.41, 5.74) is 9.09. The van der Waals surface area contributed by atoms with E-state index in [4.69, 9.17) is 9.97 Å².